The molecular formula is C18H17BrClNO3S. The molecule has 132 valence electrons. The number of carbonyl (C=O) groups excluding carboxylic acids is 2. The predicted molar refractivity (Wildman–Crippen MR) is 102 cm³/mol. The van der Waals surface area contributed by atoms with Crippen LogP contribution < -0.4 is 5.32 Å². The highest BCUT2D eigenvalue weighted by atomic mass is 79.9. The molecule has 1 saturated heterocycles. The van der Waals surface area contributed by atoms with Crippen LogP contribution in [-0.4, -0.2) is 18.4 Å². The maximum Gasteiger partial charge on any atom is 0.307 e. The van der Waals surface area contributed by atoms with Gasteiger partial charge < -0.3 is 10.1 Å². The molecule has 1 N–H and O–H groups in total. The van der Waals surface area contributed by atoms with E-state index >= 15 is 0 Å². The van der Waals surface area contributed by atoms with E-state index in [-0.39, 0.29) is 18.3 Å². The average Bonchev–Trinajstić information content (AvgIpc) is 3.22. The first kappa shape index (κ1) is 18.4. The summed E-state index contributed by atoms with van der Waals surface area (Å²) in [7, 11) is 0. The van der Waals surface area contributed by atoms with Gasteiger partial charge in [-0.15, -0.1) is 11.3 Å². The summed E-state index contributed by atoms with van der Waals surface area (Å²) < 4.78 is 5.40. The Balaban J connectivity index is 1.59. The van der Waals surface area contributed by atoms with Gasteiger partial charge in [-0.3, -0.25) is 9.59 Å². The van der Waals surface area contributed by atoms with Crippen LogP contribution in [0.3, 0.4) is 0 Å². The number of ether oxygens (including phenoxy) is 1. The van der Waals surface area contributed by atoms with Crippen molar-refractivity contribution in [3.8, 4) is 0 Å². The van der Waals surface area contributed by atoms with E-state index < -0.39 is 12.0 Å². The summed E-state index contributed by atoms with van der Waals surface area (Å²) in [4.78, 5) is 26.3. The number of cyclic esters (lactones) is 1. The van der Waals surface area contributed by atoms with E-state index in [4.69, 9.17) is 16.3 Å². The third kappa shape index (κ3) is 4.63. The third-order valence-electron chi connectivity index (χ3n) is 4.07. The van der Waals surface area contributed by atoms with Crippen LogP contribution in [-0.2, 0) is 26.1 Å². The molecule has 2 aromatic rings. The van der Waals surface area contributed by atoms with Crippen molar-refractivity contribution in [3.63, 3.8) is 0 Å². The largest absolute Gasteiger partial charge is 0.456 e. The monoisotopic (exact) mass is 441 g/mol. The fourth-order valence-corrected chi connectivity index (χ4v) is 4.39. The molecule has 25 heavy (non-hydrogen) atoms. The molecule has 0 saturated carbocycles. The Morgan fingerprint density at radius 2 is 2.04 bits per heavy atom. The molecule has 0 spiro atoms. The Morgan fingerprint density at radius 3 is 2.72 bits per heavy atom. The number of esters is 1. The van der Waals surface area contributed by atoms with Crippen molar-refractivity contribution >= 4 is 50.7 Å². The van der Waals surface area contributed by atoms with Gasteiger partial charge in [0.25, 0.3) is 0 Å². The van der Waals surface area contributed by atoms with E-state index in [2.05, 4.69) is 21.2 Å². The highest BCUT2D eigenvalue weighted by Gasteiger charge is 2.41. The Morgan fingerprint density at radius 1 is 1.28 bits per heavy atom. The predicted octanol–water partition coefficient (Wildman–Crippen LogP) is 4.26. The van der Waals surface area contributed by atoms with Gasteiger partial charge in [-0.2, -0.15) is 0 Å². The molecule has 2 atom stereocenters. The number of halogens is 2. The van der Waals surface area contributed by atoms with E-state index in [9.17, 15) is 9.59 Å². The molecule has 1 aromatic carbocycles. The standard InChI is InChI=1S/C18H17BrClNO3S/c19-10-13-5-6-15(25-13)17-14(9-16(22)24-17)18(23)21-8-7-11-1-3-12(20)4-2-11/h1-6,14,17H,7-10H2,(H,21,23)/t14-,17?/m0/s1. The average molecular weight is 443 g/mol. The Bertz CT molecular complexity index is 762. The summed E-state index contributed by atoms with van der Waals surface area (Å²) in [5.41, 5.74) is 1.10. The molecule has 2 heterocycles. The van der Waals surface area contributed by atoms with E-state index in [1.54, 1.807) is 11.3 Å². The lowest BCUT2D eigenvalue weighted by Gasteiger charge is -2.16. The van der Waals surface area contributed by atoms with Crippen LogP contribution in [0.25, 0.3) is 0 Å². The maximum atomic E-state index is 12.5. The van der Waals surface area contributed by atoms with Crippen molar-refractivity contribution in [2.75, 3.05) is 6.54 Å². The molecule has 0 radical (unpaired) electrons. The number of nitrogens with one attached hydrogen (secondary N) is 1. The number of thiophene rings is 1. The lowest BCUT2D eigenvalue weighted by molar-refractivity contribution is -0.141. The number of hydrogen-bond donors (Lipinski definition) is 1. The molecule has 1 aliphatic rings. The van der Waals surface area contributed by atoms with Gasteiger partial charge in [0, 0.05) is 26.7 Å². The molecule has 0 bridgehead atoms. The van der Waals surface area contributed by atoms with Crippen molar-refractivity contribution in [1.82, 2.24) is 5.32 Å². The van der Waals surface area contributed by atoms with Crippen molar-refractivity contribution < 1.29 is 14.3 Å². The summed E-state index contributed by atoms with van der Waals surface area (Å²) in [5.74, 6) is -0.935. The van der Waals surface area contributed by atoms with Gasteiger partial charge in [0.05, 0.1) is 12.3 Å². The third-order valence-corrected chi connectivity index (χ3v) is 6.44. The van der Waals surface area contributed by atoms with Gasteiger partial charge >= 0.3 is 5.97 Å². The Labute approximate surface area is 163 Å². The first-order chi connectivity index (χ1) is 12.1. The second-order valence-electron chi connectivity index (χ2n) is 5.83. The highest BCUT2D eigenvalue weighted by molar-refractivity contribution is 9.08. The lowest BCUT2D eigenvalue weighted by Crippen LogP contribution is -2.33. The molecule has 1 fully saturated rings. The maximum absolute atomic E-state index is 12.5. The Kier molecular flexibility index (Phi) is 6.15. The molecule has 4 nitrogen and oxygen atoms in total. The van der Waals surface area contributed by atoms with Gasteiger partial charge in [0.1, 0.15) is 6.10 Å². The molecule has 1 unspecified atom stereocenters. The first-order valence-corrected chi connectivity index (χ1v) is 10.2. The van der Waals surface area contributed by atoms with Gasteiger partial charge in [-0.25, -0.2) is 0 Å². The van der Waals surface area contributed by atoms with E-state index in [1.807, 2.05) is 36.4 Å². The number of hydrogen-bond acceptors (Lipinski definition) is 4. The number of rotatable bonds is 6. The lowest BCUT2D eigenvalue weighted by atomic mass is 9.99. The number of amides is 1. The second kappa shape index (κ2) is 8.34. The molecule has 1 amide bonds. The fraction of sp³-hybridized carbons (Fsp3) is 0.333. The van der Waals surface area contributed by atoms with Crippen LogP contribution >= 0.6 is 38.9 Å². The Hall–Kier alpha value is -1.37. The number of carbonyl (C=O) groups is 2. The first-order valence-electron chi connectivity index (χ1n) is 7.93. The minimum atomic E-state index is -0.485. The topological polar surface area (TPSA) is 55.4 Å². The number of benzene rings is 1. The zero-order valence-electron chi connectivity index (χ0n) is 13.3. The smallest absolute Gasteiger partial charge is 0.307 e. The molecule has 0 aliphatic carbocycles. The summed E-state index contributed by atoms with van der Waals surface area (Å²) in [6.45, 7) is 0.509. The highest BCUT2D eigenvalue weighted by Crippen LogP contribution is 2.39. The quantitative estimate of drug-likeness (QED) is 0.537. The van der Waals surface area contributed by atoms with E-state index in [0.717, 1.165) is 20.6 Å². The molecule has 1 aromatic heterocycles. The molecule has 3 rings (SSSR count). The van der Waals surface area contributed by atoms with E-state index in [0.29, 0.717) is 18.0 Å². The minimum absolute atomic E-state index is 0.124. The van der Waals surface area contributed by atoms with Gasteiger partial charge in [0.2, 0.25) is 5.91 Å². The summed E-state index contributed by atoms with van der Waals surface area (Å²) in [5, 5.41) is 4.36. The van der Waals surface area contributed by atoms with Crippen molar-refractivity contribution in [3.05, 3.63) is 56.7 Å². The fourth-order valence-electron chi connectivity index (χ4n) is 2.78. The van der Waals surface area contributed by atoms with Gasteiger partial charge in [-0.05, 0) is 36.2 Å². The van der Waals surface area contributed by atoms with Crippen LogP contribution in [0.5, 0.6) is 0 Å². The van der Waals surface area contributed by atoms with Crippen LogP contribution in [0.1, 0.15) is 27.8 Å². The van der Waals surface area contributed by atoms with Crippen LogP contribution in [0.4, 0.5) is 0 Å². The summed E-state index contributed by atoms with van der Waals surface area (Å²) >= 11 is 10.8. The molecule has 1 aliphatic heterocycles. The van der Waals surface area contributed by atoms with Crippen molar-refractivity contribution in [2.45, 2.75) is 24.3 Å². The second-order valence-corrected chi connectivity index (χ2v) is 8.02. The van der Waals surface area contributed by atoms with Gasteiger partial charge in [0.15, 0.2) is 0 Å². The van der Waals surface area contributed by atoms with E-state index in [1.165, 1.54) is 0 Å². The van der Waals surface area contributed by atoms with Crippen LogP contribution in [0, 0.1) is 5.92 Å². The van der Waals surface area contributed by atoms with Crippen molar-refractivity contribution in [2.24, 2.45) is 5.92 Å². The summed E-state index contributed by atoms with van der Waals surface area (Å²) in [6.07, 6.45) is 0.349. The normalized spacial score (nSPS) is 19.7. The molecular weight excluding hydrogens is 426 g/mol. The number of alkyl halides is 1. The molecule has 7 heteroatoms. The van der Waals surface area contributed by atoms with Crippen molar-refractivity contribution in [1.29, 1.82) is 0 Å². The van der Waals surface area contributed by atoms with Crippen LogP contribution in [0.15, 0.2) is 36.4 Å². The SMILES string of the molecule is O=C1C[C@H](C(=O)NCCc2ccc(Cl)cc2)C(c2ccc(CBr)s2)O1. The van der Waals surface area contributed by atoms with Crippen LogP contribution in [0.2, 0.25) is 5.02 Å². The zero-order chi connectivity index (χ0) is 17.8. The van der Waals surface area contributed by atoms with Gasteiger partial charge in [-0.1, -0.05) is 39.7 Å². The zero-order valence-corrected chi connectivity index (χ0v) is 16.5. The summed E-state index contributed by atoms with van der Waals surface area (Å²) in [6, 6.07) is 11.4. The minimum Gasteiger partial charge on any atom is -0.456 e.